The highest BCUT2D eigenvalue weighted by molar-refractivity contribution is 5.94. The Hall–Kier alpha value is -2.09. The Labute approximate surface area is 87.6 Å². The van der Waals surface area contributed by atoms with Gasteiger partial charge in [0.1, 0.15) is 5.82 Å². The predicted molar refractivity (Wildman–Crippen MR) is 61.5 cm³/mol. The minimum Gasteiger partial charge on any atom is -0.345 e. The summed E-state index contributed by atoms with van der Waals surface area (Å²) in [6.45, 7) is 0. The van der Waals surface area contributed by atoms with Gasteiger partial charge in [0, 0.05) is 18.0 Å². The Morgan fingerprint density at radius 1 is 0.933 bits per heavy atom. The van der Waals surface area contributed by atoms with E-state index in [1.165, 1.54) is 10.8 Å². The highest BCUT2D eigenvalue weighted by Gasteiger charge is 2.03. The van der Waals surface area contributed by atoms with E-state index in [9.17, 15) is 0 Å². The largest absolute Gasteiger partial charge is 0.345 e. The fourth-order valence-corrected chi connectivity index (χ4v) is 1.84. The van der Waals surface area contributed by atoms with Crippen LogP contribution in [-0.4, -0.2) is 9.97 Å². The molecule has 2 aromatic carbocycles. The van der Waals surface area contributed by atoms with Crippen molar-refractivity contribution in [2.24, 2.45) is 0 Å². The third-order valence-electron chi connectivity index (χ3n) is 2.54. The number of hydrogen-bond donors (Lipinski definition) is 1. The first-order valence-electron chi connectivity index (χ1n) is 4.93. The van der Waals surface area contributed by atoms with Crippen LogP contribution in [0.2, 0.25) is 0 Å². The number of H-pyrrole nitrogens is 1. The van der Waals surface area contributed by atoms with Crippen molar-refractivity contribution in [2.45, 2.75) is 0 Å². The van der Waals surface area contributed by atoms with Crippen molar-refractivity contribution >= 4 is 10.8 Å². The summed E-state index contributed by atoms with van der Waals surface area (Å²) in [5, 5.41) is 2.47. The molecule has 0 bridgehead atoms. The topological polar surface area (TPSA) is 28.7 Å². The smallest absolute Gasteiger partial charge is 0.137 e. The molecule has 15 heavy (non-hydrogen) atoms. The van der Waals surface area contributed by atoms with Gasteiger partial charge in [0.25, 0.3) is 0 Å². The molecule has 0 radical (unpaired) electrons. The van der Waals surface area contributed by atoms with E-state index in [-0.39, 0.29) is 0 Å². The molecule has 1 N–H and O–H groups in total. The summed E-state index contributed by atoms with van der Waals surface area (Å²) in [7, 11) is 0. The Morgan fingerprint density at radius 3 is 2.67 bits per heavy atom. The fraction of sp³-hybridized carbons (Fsp3) is 0. The van der Waals surface area contributed by atoms with Crippen LogP contribution in [0.15, 0.2) is 54.9 Å². The third kappa shape index (κ3) is 1.31. The molecule has 72 valence electrons. The van der Waals surface area contributed by atoms with Crippen LogP contribution in [-0.2, 0) is 0 Å². The highest BCUT2D eigenvalue weighted by atomic mass is 14.9. The predicted octanol–water partition coefficient (Wildman–Crippen LogP) is 3.23. The van der Waals surface area contributed by atoms with Gasteiger partial charge in [-0.1, -0.05) is 42.5 Å². The number of benzene rings is 2. The Morgan fingerprint density at radius 2 is 1.80 bits per heavy atom. The lowest BCUT2D eigenvalue weighted by Gasteiger charge is -2.02. The molecule has 3 aromatic rings. The van der Waals surface area contributed by atoms with E-state index in [2.05, 4.69) is 46.4 Å². The van der Waals surface area contributed by atoms with E-state index in [1.54, 1.807) is 6.20 Å². The van der Waals surface area contributed by atoms with Crippen LogP contribution in [0.3, 0.4) is 0 Å². The first-order chi connectivity index (χ1) is 7.45. The van der Waals surface area contributed by atoms with Crippen molar-refractivity contribution < 1.29 is 0 Å². The summed E-state index contributed by atoms with van der Waals surface area (Å²) in [4.78, 5) is 7.42. The fourth-order valence-electron chi connectivity index (χ4n) is 1.84. The molecular formula is C13H10N2. The van der Waals surface area contributed by atoms with Crippen molar-refractivity contribution in [3.8, 4) is 11.4 Å². The average Bonchev–Trinajstić information content (AvgIpc) is 2.82. The number of aromatic nitrogens is 2. The number of hydrogen-bond acceptors (Lipinski definition) is 1. The van der Waals surface area contributed by atoms with Gasteiger partial charge in [-0.25, -0.2) is 4.98 Å². The SMILES string of the molecule is c1ccc2c(-c3ncc[nH]3)cccc2c1. The zero-order valence-corrected chi connectivity index (χ0v) is 8.14. The molecule has 0 aliphatic heterocycles. The van der Waals surface area contributed by atoms with Crippen molar-refractivity contribution in [2.75, 3.05) is 0 Å². The minimum atomic E-state index is 0.923. The van der Waals surface area contributed by atoms with Gasteiger partial charge in [-0.2, -0.15) is 0 Å². The maximum atomic E-state index is 4.28. The molecule has 3 rings (SSSR count). The molecule has 0 atom stereocenters. The molecule has 2 nitrogen and oxygen atoms in total. The highest BCUT2D eigenvalue weighted by Crippen LogP contribution is 2.25. The Balaban J connectivity index is 2.36. The molecule has 1 aromatic heterocycles. The van der Waals surface area contributed by atoms with E-state index in [1.807, 2.05) is 12.3 Å². The molecule has 0 unspecified atom stereocenters. The van der Waals surface area contributed by atoms with Crippen molar-refractivity contribution in [1.82, 2.24) is 9.97 Å². The van der Waals surface area contributed by atoms with Crippen molar-refractivity contribution in [3.63, 3.8) is 0 Å². The van der Waals surface area contributed by atoms with Gasteiger partial charge >= 0.3 is 0 Å². The molecule has 0 saturated carbocycles. The second-order valence-electron chi connectivity index (χ2n) is 3.46. The molecule has 0 fully saturated rings. The van der Waals surface area contributed by atoms with Crippen LogP contribution < -0.4 is 0 Å². The molecule has 0 aliphatic carbocycles. The van der Waals surface area contributed by atoms with Crippen LogP contribution in [0.25, 0.3) is 22.2 Å². The number of nitrogens with one attached hydrogen (secondary N) is 1. The monoisotopic (exact) mass is 194 g/mol. The number of rotatable bonds is 1. The quantitative estimate of drug-likeness (QED) is 0.633. The zero-order chi connectivity index (χ0) is 10.1. The van der Waals surface area contributed by atoms with Crippen LogP contribution in [0.1, 0.15) is 0 Å². The number of aromatic amines is 1. The maximum Gasteiger partial charge on any atom is 0.137 e. The number of nitrogens with zero attached hydrogens (tertiary/aromatic N) is 1. The van der Waals surface area contributed by atoms with E-state index in [4.69, 9.17) is 0 Å². The van der Waals surface area contributed by atoms with Crippen LogP contribution in [0.4, 0.5) is 0 Å². The lowest BCUT2D eigenvalue weighted by Crippen LogP contribution is -1.82. The van der Waals surface area contributed by atoms with E-state index >= 15 is 0 Å². The zero-order valence-electron chi connectivity index (χ0n) is 8.14. The van der Waals surface area contributed by atoms with Crippen LogP contribution in [0.5, 0.6) is 0 Å². The minimum absolute atomic E-state index is 0.923. The molecule has 0 spiro atoms. The summed E-state index contributed by atoms with van der Waals surface area (Å²) in [5.41, 5.74) is 1.15. The summed E-state index contributed by atoms with van der Waals surface area (Å²) < 4.78 is 0. The van der Waals surface area contributed by atoms with E-state index in [0.29, 0.717) is 0 Å². The van der Waals surface area contributed by atoms with E-state index < -0.39 is 0 Å². The molecule has 2 heteroatoms. The van der Waals surface area contributed by atoms with Crippen molar-refractivity contribution in [3.05, 3.63) is 54.9 Å². The molecule has 0 saturated heterocycles. The molecule has 0 aliphatic rings. The summed E-state index contributed by atoms with van der Waals surface area (Å²) >= 11 is 0. The lowest BCUT2D eigenvalue weighted by molar-refractivity contribution is 1.32. The van der Waals surface area contributed by atoms with Gasteiger partial charge < -0.3 is 4.98 Å². The Kier molecular flexibility index (Phi) is 1.78. The van der Waals surface area contributed by atoms with Gasteiger partial charge in [0.05, 0.1) is 0 Å². The second kappa shape index (κ2) is 3.24. The lowest BCUT2D eigenvalue weighted by atomic mass is 10.0. The maximum absolute atomic E-state index is 4.28. The van der Waals surface area contributed by atoms with E-state index in [0.717, 1.165) is 11.4 Å². The van der Waals surface area contributed by atoms with Crippen LogP contribution in [0, 0.1) is 0 Å². The third-order valence-corrected chi connectivity index (χ3v) is 2.54. The normalized spacial score (nSPS) is 10.7. The molecular weight excluding hydrogens is 184 g/mol. The van der Waals surface area contributed by atoms with Gasteiger partial charge in [-0.15, -0.1) is 0 Å². The number of imidazole rings is 1. The van der Waals surface area contributed by atoms with Crippen LogP contribution >= 0.6 is 0 Å². The first kappa shape index (κ1) is 8.24. The van der Waals surface area contributed by atoms with Gasteiger partial charge in [0.15, 0.2) is 0 Å². The molecule has 1 heterocycles. The molecule has 0 amide bonds. The number of fused-ring (bicyclic) bond motifs is 1. The Bertz CT molecular complexity index is 577. The van der Waals surface area contributed by atoms with Gasteiger partial charge in [-0.05, 0) is 10.8 Å². The van der Waals surface area contributed by atoms with Gasteiger partial charge in [0.2, 0.25) is 0 Å². The summed E-state index contributed by atoms with van der Waals surface area (Å²) in [5.74, 6) is 0.923. The summed E-state index contributed by atoms with van der Waals surface area (Å²) in [6.07, 6.45) is 3.62. The van der Waals surface area contributed by atoms with Gasteiger partial charge in [-0.3, -0.25) is 0 Å². The first-order valence-corrected chi connectivity index (χ1v) is 4.93. The second-order valence-corrected chi connectivity index (χ2v) is 3.46. The van der Waals surface area contributed by atoms with Crippen molar-refractivity contribution in [1.29, 1.82) is 0 Å². The average molecular weight is 194 g/mol. The summed E-state index contributed by atoms with van der Waals surface area (Å²) in [6, 6.07) is 14.6. The standard InChI is InChI=1S/C13H10N2/c1-2-6-11-10(4-1)5-3-7-12(11)13-14-8-9-15-13/h1-9H,(H,14,15).